The van der Waals surface area contributed by atoms with E-state index in [2.05, 4.69) is 15.6 Å². The summed E-state index contributed by atoms with van der Waals surface area (Å²) in [5, 5.41) is 6.37. The highest BCUT2D eigenvalue weighted by Crippen LogP contribution is 2.19. The molecule has 1 fully saturated rings. The number of hydrogen-bond acceptors (Lipinski definition) is 2. The number of aliphatic imine (C=N–C) groups is 1. The molecule has 23 heavy (non-hydrogen) atoms. The Morgan fingerprint density at radius 2 is 2.04 bits per heavy atom. The zero-order chi connectivity index (χ0) is 16.7. The monoisotopic (exact) mass is 331 g/mol. The fourth-order valence-electron chi connectivity index (χ4n) is 2.66. The first-order valence-corrected chi connectivity index (χ1v) is 7.91. The lowest BCUT2D eigenvalue weighted by atomic mass is 10.3. The van der Waals surface area contributed by atoms with Crippen LogP contribution in [0.15, 0.2) is 29.5 Å². The molecule has 8 heteroatoms. The SMILES string of the molecule is CCNC(=NCCn1cccc1)N[C@@H]1CCN(CC(F)(F)F)C1. The summed E-state index contributed by atoms with van der Waals surface area (Å²) in [6.45, 7) is 4.08. The van der Waals surface area contributed by atoms with Gasteiger partial charge < -0.3 is 15.2 Å². The lowest BCUT2D eigenvalue weighted by Gasteiger charge is -2.19. The Labute approximate surface area is 134 Å². The Morgan fingerprint density at radius 1 is 1.30 bits per heavy atom. The first-order valence-electron chi connectivity index (χ1n) is 7.91. The van der Waals surface area contributed by atoms with E-state index in [1.807, 2.05) is 36.0 Å². The quantitative estimate of drug-likeness (QED) is 0.616. The average molecular weight is 331 g/mol. The summed E-state index contributed by atoms with van der Waals surface area (Å²) in [5.74, 6) is 0.665. The second-order valence-corrected chi connectivity index (χ2v) is 5.66. The standard InChI is InChI=1S/C15H24F3N5/c1-2-19-14(20-6-10-22-7-3-4-8-22)21-13-5-9-23(11-13)12-15(16,17)18/h3-4,7-8,13H,2,5-6,9-12H2,1H3,(H2,19,20,21)/t13-/m1/s1. The number of hydrogen-bond donors (Lipinski definition) is 2. The minimum absolute atomic E-state index is 0.00160. The summed E-state index contributed by atoms with van der Waals surface area (Å²) in [7, 11) is 0. The van der Waals surface area contributed by atoms with Gasteiger partial charge in [-0.3, -0.25) is 9.89 Å². The van der Waals surface area contributed by atoms with Gasteiger partial charge in [0.1, 0.15) is 0 Å². The molecule has 1 aromatic heterocycles. The van der Waals surface area contributed by atoms with Gasteiger partial charge in [0.2, 0.25) is 0 Å². The lowest BCUT2D eigenvalue weighted by molar-refractivity contribution is -0.143. The van der Waals surface area contributed by atoms with Crippen molar-refractivity contribution in [1.82, 2.24) is 20.1 Å². The van der Waals surface area contributed by atoms with Gasteiger partial charge in [0.15, 0.2) is 5.96 Å². The van der Waals surface area contributed by atoms with E-state index in [4.69, 9.17) is 0 Å². The number of likely N-dealkylation sites (tertiary alicyclic amines) is 1. The topological polar surface area (TPSA) is 44.6 Å². The van der Waals surface area contributed by atoms with Crippen LogP contribution in [-0.2, 0) is 6.54 Å². The van der Waals surface area contributed by atoms with Gasteiger partial charge in [-0.15, -0.1) is 0 Å². The number of halogens is 3. The third kappa shape index (κ3) is 6.52. The molecule has 0 amide bonds. The predicted molar refractivity (Wildman–Crippen MR) is 84.4 cm³/mol. The second-order valence-electron chi connectivity index (χ2n) is 5.66. The van der Waals surface area contributed by atoms with E-state index in [0.29, 0.717) is 38.6 Å². The van der Waals surface area contributed by atoms with Crippen LogP contribution in [-0.4, -0.2) is 60.4 Å². The molecule has 0 aromatic carbocycles. The summed E-state index contributed by atoms with van der Waals surface area (Å²) in [5.41, 5.74) is 0. The van der Waals surface area contributed by atoms with Crippen LogP contribution in [0.3, 0.4) is 0 Å². The van der Waals surface area contributed by atoms with Crippen molar-refractivity contribution in [2.75, 3.05) is 32.7 Å². The molecule has 0 spiro atoms. The first-order chi connectivity index (χ1) is 11.0. The number of aromatic nitrogens is 1. The van der Waals surface area contributed by atoms with Crippen molar-refractivity contribution in [2.45, 2.75) is 32.1 Å². The van der Waals surface area contributed by atoms with E-state index >= 15 is 0 Å². The predicted octanol–water partition coefficient (Wildman–Crippen LogP) is 1.68. The minimum atomic E-state index is -4.13. The Balaban J connectivity index is 1.79. The summed E-state index contributed by atoms with van der Waals surface area (Å²) >= 11 is 0. The number of guanidine groups is 1. The molecule has 1 aliphatic rings. The zero-order valence-corrected chi connectivity index (χ0v) is 13.3. The molecule has 1 atom stereocenters. The summed E-state index contributed by atoms with van der Waals surface area (Å²) in [4.78, 5) is 5.92. The van der Waals surface area contributed by atoms with E-state index < -0.39 is 12.7 Å². The van der Waals surface area contributed by atoms with Crippen LogP contribution in [0.2, 0.25) is 0 Å². The molecule has 0 radical (unpaired) electrons. The maximum absolute atomic E-state index is 12.4. The number of nitrogens with zero attached hydrogens (tertiary/aromatic N) is 3. The number of rotatable bonds is 6. The highest BCUT2D eigenvalue weighted by Gasteiger charge is 2.34. The summed E-state index contributed by atoms with van der Waals surface area (Å²) < 4.78 is 39.3. The van der Waals surface area contributed by atoms with Crippen LogP contribution in [0.4, 0.5) is 13.2 Å². The van der Waals surface area contributed by atoms with Gasteiger partial charge in [-0.1, -0.05) is 0 Å². The molecule has 130 valence electrons. The largest absolute Gasteiger partial charge is 0.401 e. The second kappa shape index (κ2) is 8.24. The highest BCUT2D eigenvalue weighted by molar-refractivity contribution is 5.80. The minimum Gasteiger partial charge on any atom is -0.357 e. The average Bonchev–Trinajstić information content (AvgIpc) is 3.09. The molecule has 0 bridgehead atoms. The van der Waals surface area contributed by atoms with E-state index in [9.17, 15) is 13.2 Å². The fourth-order valence-corrected chi connectivity index (χ4v) is 2.66. The van der Waals surface area contributed by atoms with Gasteiger partial charge in [-0.05, 0) is 25.5 Å². The molecule has 0 unspecified atom stereocenters. The van der Waals surface area contributed by atoms with Crippen molar-refractivity contribution in [3.05, 3.63) is 24.5 Å². The van der Waals surface area contributed by atoms with Gasteiger partial charge in [-0.2, -0.15) is 13.2 Å². The van der Waals surface area contributed by atoms with Gasteiger partial charge in [0, 0.05) is 44.6 Å². The maximum atomic E-state index is 12.4. The van der Waals surface area contributed by atoms with Crippen LogP contribution in [0.5, 0.6) is 0 Å². The third-order valence-corrected chi connectivity index (χ3v) is 3.65. The number of nitrogens with one attached hydrogen (secondary N) is 2. The van der Waals surface area contributed by atoms with Crippen molar-refractivity contribution in [2.24, 2.45) is 4.99 Å². The molecule has 2 N–H and O–H groups in total. The first kappa shape index (κ1) is 17.7. The van der Waals surface area contributed by atoms with E-state index in [1.165, 1.54) is 4.90 Å². The van der Waals surface area contributed by atoms with E-state index in [1.54, 1.807) is 0 Å². The van der Waals surface area contributed by atoms with Crippen molar-refractivity contribution < 1.29 is 13.2 Å². The smallest absolute Gasteiger partial charge is 0.357 e. The van der Waals surface area contributed by atoms with Crippen LogP contribution in [0.1, 0.15) is 13.3 Å². The van der Waals surface area contributed by atoms with Crippen LogP contribution < -0.4 is 10.6 Å². The maximum Gasteiger partial charge on any atom is 0.401 e. The zero-order valence-electron chi connectivity index (χ0n) is 13.3. The van der Waals surface area contributed by atoms with Crippen molar-refractivity contribution in [3.63, 3.8) is 0 Å². The third-order valence-electron chi connectivity index (χ3n) is 3.65. The molecule has 5 nitrogen and oxygen atoms in total. The van der Waals surface area contributed by atoms with Gasteiger partial charge >= 0.3 is 6.18 Å². The summed E-state index contributed by atoms with van der Waals surface area (Å²) in [6.07, 6.45) is 0.506. The molecule has 0 saturated carbocycles. The van der Waals surface area contributed by atoms with Gasteiger partial charge in [-0.25, -0.2) is 0 Å². The highest BCUT2D eigenvalue weighted by atomic mass is 19.4. The molecule has 2 rings (SSSR count). The Bertz CT molecular complexity index is 484. The Morgan fingerprint density at radius 3 is 2.70 bits per heavy atom. The summed E-state index contributed by atoms with van der Waals surface area (Å²) in [6, 6.07) is 3.92. The van der Waals surface area contributed by atoms with Crippen molar-refractivity contribution in [3.8, 4) is 0 Å². The molecular formula is C15H24F3N5. The molecular weight excluding hydrogens is 307 g/mol. The fraction of sp³-hybridized carbons (Fsp3) is 0.667. The van der Waals surface area contributed by atoms with Crippen molar-refractivity contribution >= 4 is 5.96 Å². The van der Waals surface area contributed by atoms with Gasteiger partial charge in [0.25, 0.3) is 0 Å². The van der Waals surface area contributed by atoms with Crippen molar-refractivity contribution in [1.29, 1.82) is 0 Å². The van der Waals surface area contributed by atoms with E-state index in [0.717, 1.165) is 6.54 Å². The van der Waals surface area contributed by atoms with Crippen LogP contribution >= 0.6 is 0 Å². The Kier molecular flexibility index (Phi) is 6.32. The molecule has 2 heterocycles. The number of alkyl halides is 3. The molecule has 1 aromatic rings. The van der Waals surface area contributed by atoms with Gasteiger partial charge in [0.05, 0.1) is 13.1 Å². The molecule has 0 aliphatic carbocycles. The van der Waals surface area contributed by atoms with Crippen LogP contribution in [0.25, 0.3) is 0 Å². The molecule has 1 saturated heterocycles. The molecule has 1 aliphatic heterocycles. The van der Waals surface area contributed by atoms with Crippen LogP contribution in [0, 0.1) is 0 Å². The lowest BCUT2D eigenvalue weighted by Crippen LogP contribution is -2.45. The van der Waals surface area contributed by atoms with E-state index in [-0.39, 0.29) is 6.04 Å². The Hall–Kier alpha value is -1.70. The normalized spacial score (nSPS) is 20.0.